The summed E-state index contributed by atoms with van der Waals surface area (Å²) < 4.78 is 55.3. The predicted molar refractivity (Wildman–Crippen MR) is 106 cm³/mol. The number of carbonyl (C=O) groups is 1. The van der Waals surface area contributed by atoms with Crippen LogP contribution in [0, 0.1) is 5.82 Å². The van der Waals surface area contributed by atoms with E-state index in [0.717, 1.165) is 22.7 Å². The predicted octanol–water partition coefficient (Wildman–Crippen LogP) is 2.83. The molecule has 0 aliphatic carbocycles. The van der Waals surface area contributed by atoms with Gasteiger partial charge in [0, 0.05) is 37.6 Å². The largest absolute Gasteiger partial charge is 0.437 e. The number of anilines is 1. The molecule has 1 spiro atoms. The summed E-state index contributed by atoms with van der Waals surface area (Å²) in [7, 11) is 0. The van der Waals surface area contributed by atoms with E-state index in [-0.39, 0.29) is 31.4 Å². The number of halogens is 3. The molecule has 1 amide bonds. The van der Waals surface area contributed by atoms with E-state index >= 15 is 0 Å². The van der Waals surface area contributed by atoms with Crippen molar-refractivity contribution in [2.75, 3.05) is 37.7 Å². The smallest absolute Gasteiger partial charge is 0.377 e. The van der Waals surface area contributed by atoms with Crippen molar-refractivity contribution in [3.63, 3.8) is 0 Å². The maximum absolute atomic E-state index is 14.7. The second-order valence-corrected chi connectivity index (χ2v) is 8.29. The van der Waals surface area contributed by atoms with Crippen LogP contribution in [0.3, 0.4) is 0 Å². The van der Waals surface area contributed by atoms with E-state index in [1.54, 1.807) is 6.20 Å². The molecule has 2 saturated heterocycles. The van der Waals surface area contributed by atoms with Crippen LogP contribution >= 0.6 is 0 Å². The van der Waals surface area contributed by atoms with E-state index in [1.807, 2.05) is 29.5 Å². The van der Waals surface area contributed by atoms with E-state index in [4.69, 9.17) is 9.47 Å². The van der Waals surface area contributed by atoms with E-state index in [0.29, 0.717) is 19.7 Å². The Balaban J connectivity index is 1.61. The highest BCUT2D eigenvalue weighted by atomic mass is 19.3. The minimum Gasteiger partial charge on any atom is -0.377 e. The Morgan fingerprint density at radius 2 is 1.90 bits per heavy atom. The number of rotatable bonds is 4. The van der Waals surface area contributed by atoms with Crippen molar-refractivity contribution < 1.29 is 27.4 Å². The molecule has 10 heteroatoms. The second kappa shape index (κ2) is 8.25. The molecule has 2 fully saturated rings. The first-order chi connectivity index (χ1) is 14.7. The van der Waals surface area contributed by atoms with Crippen LogP contribution in [-0.2, 0) is 20.8 Å². The lowest BCUT2D eigenvalue weighted by Crippen LogP contribution is -2.66. The molecular formula is C21H25F3N4O3. The van der Waals surface area contributed by atoms with E-state index in [1.165, 1.54) is 12.1 Å². The van der Waals surface area contributed by atoms with Crippen molar-refractivity contribution in [1.82, 2.24) is 14.7 Å². The Bertz CT molecular complexity index is 934. The molecule has 1 atom stereocenters. The quantitative estimate of drug-likeness (QED) is 0.735. The first kappa shape index (κ1) is 21.8. The third-order valence-electron chi connectivity index (χ3n) is 5.48. The van der Waals surface area contributed by atoms with Crippen LogP contribution in [0.25, 0.3) is 0 Å². The summed E-state index contributed by atoms with van der Waals surface area (Å²) >= 11 is 0. The molecule has 0 N–H and O–H groups in total. The molecule has 2 aliphatic heterocycles. The number of carbonyl (C=O) groups excluding carboxylic acids is 1. The number of morpholine rings is 1. The molecule has 0 radical (unpaired) electrons. The summed E-state index contributed by atoms with van der Waals surface area (Å²) in [5.41, 5.74) is -0.311. The highest BCUT2D eigenvalue weighted by Gasteiger charge is 2.58. The van der Waals surface area contributed by atoms with E-state index < -0.39 is 23.4 Å². The third-order valence-corrected chi connectivity index (χ3v) is 5.48. The summed E-state index contributed by atoms with van der Waals surface area (Å²) in [5, 5.41) is 4.32. The molecule has 1 aromatic heterocycles. The molecule has 0 saturated carbocycles. The van der Waals surface area contributed by atoms with Crippen molar-refractivity contribution in [3.05, 3.63) is 48.0 Å². The van der Waals surface area contributed by atoms with Crippen LogP contribution in [0.5, 0.6) is 0 Å². The first-order valence-corrected chi connectivity index (χ1v) is 10.2. The molecule has 168 valence electrons. The zero-order valence-electron chi connectivity index (χ0n) is 17.4. The fourth-order valence-electron chi connectivity index (χ4n) is 4.13. The number of ether oxygens (including phenoxy) is 2. The van der Waals surface area contributed by atoms with Gasteiger partial charge in [0.25, 0.3) is 0 Å². The van der Waals surface area contributed by atoms with Crippen LogP contribution in [0.2, 0.25) is 0 Å². The molecule has 2 aromatic rings. The monoisotopic (exact) mass is 438 g/mol. The van der Waals surface area contributed by atoms with Gasteiger partial charge in [-0.05, 0) is 44.2 Å². The minimum absolute atomic E-state index is 0.0898. The van der Waals surface area contributed by atoms with Crippen LogP contribution in [0.4, 0.5) is 18.9 Å². The molecule has 7 nitrogen and oxygen atoms in total. The molecular weight excluding hydrogens is 413 g/mol. The number of amides is 1. The molecule has 0 bridgehead atoms. The fourth-order valence-corrected chi connectivity index (χ4v) is 4.13. The van der Waals surface area contributed by atoms with Gasteiger partial charge in [-0.25, -0.2) is 4.39 Å². The van der Waals surface area contributed by atoms with Gasteiger partial charge in [0.2, 0.25) is 0 Å². The first-order valence-electron chi connectivity index (χ1n) is 10.2. The fraction of sp³-hybridized carbons (Fsp3) is 0.524. The molecule has 1 unspecified atom stereocenters. The summed E-state index contributed by atoms with van der Waals surface area (Å²) in [5.74, 6) is -1.99. The second-order valence-electron chi connectivity index (χ2n) is 8.29. The highest BCUT2D eigenvalue weighted by Crippen LogP contribution is 2.37. The van der Waals surface area contributed by atoms with Crippen molar-refractivity contribution in [3.8, 4) is 0 Å². The average molecular weight is 438 g/mol. The molecule has 2 aliphatic rings. The Hall–Kier alpha value is -2.43. The van der Waals surface area contributed by atoms with Crippen molar-refractivity contribution in [2.24, 2.45) is 0 Å². The zero-order valence-corrected chi connectivity index (χ0v) is 17.4. The molecule has 1 aromatic carbocycles. The van der Waals surface area contributed by atoms with Crippen molar-refractivity contribution in [1.29, 1.82) is 0 Å². The topological polar surface area (TPSA) is 59.8 Å². The Morgan fingerprint density at radius 1 is 1.16 bits per heavy atom. The maximum Gasteiger partial charge on any atom is 0.437 e. The number of nitrogens with zero attached hydrogens (tertiary/aromatic N) is 4. The maximum atomic E-state index is 14.7. The Kier molecular flexibility index (Phi) is 5.80. The van der Waals surface area contributed by atoms with Crippen molar-refractivity contribution in [2.45, 2.75) is 38.1 Å². The number of alkyl halides is 2. The van der Waals surface area contributed by atoms with Gasteiger partial charge in [-0.1, -0.05) is 0 Å². The number of aromatic nitrogens is 2. The standard InChI is InChI=1S/C21H25F3N4O3/c1-15(2)28-18(7-8-25-28)11-26-9-10-30-14-20(12-26)13-27(19(29)21(23,24)31-20)17-5-3-16(22)4-6-17/h3-8,15H,9-14H2,1-2H3. The number of hydrogen-bond donors (Lipinski definition) is 0. The molecule has 31 heavy (non-hydrogen) atoms. The Labute approximate surface area is 178 Å². The SMILES string of the molecule is CC(C)n1nccc1CN1CCOCC2(C1)CN(c1ccc(F)cc1)C(=O)C(F)(F)O2. The molecule has 4 rings (SSSR count). The van der Waals surface area contributed by atoms with Gasteiger partial charge in [0.1, 0.15) is 11.4 Å². The number of benzene rings is 1. The van der Waals surface area contributed by atoms with Gasteiger partial charge in [-0.15, -0.1) is 0 Å². The van der Waals surface area contributed by atoms with E-state index in [2.05, 4.69) is 5.10 Å². The summed E-state index contributed by atoms with van der Waals surface area (Å²) in [6, 6.07) is 6.92. The summed E-state index contributed by atoms with van der Waals surface area (Å²) in [6.07, 6.45) is -2.31. The number of hydrogen-bond acceptors (Lipinski definition) is 5. The van der Waals surface area contributed by atoms with Gasteiger partial charge in [-0.2, -0.15) is 13.9 Å². The zero-order chi connectivity index (χ0) is 22.2. The highest BCUT2D eigenvalue weighted by molar-refractivity contribution is 5.98. The van der Waals surface area contributed by atoms with Crippen molar-refractivity contribution >= 4 is 11.6 Å². The van der Waals surface area contributed by atoms with Crippen LogP contribution in [0.15, 0.2) is 36.5 Å². The minimum atomic E-state index is -4.02. The van der Waals surface area contributed by atoms with Crippen LogP contribution < -0.4 is 4.90 Å². The Morgan fingerprint density at radius 3 is 2.61 bits per heavy atom. The summed E-state index contributed by atoms with van der Waals surface area (Å²) in [6.45, 7) is 5.28. The van der Waals surface area contributed by atoms with Gasteiger partial charge in [0.05, 0.1) is 25.5 Å². The lowest BCUT2D eigenvalue weighted by atomic mass is 10.00. The van der Waals surface area contributed by atoms with Gasteiger partial charge in [0.15, 0.2) is 0 Å². The van der Waals surface area contributed by atoms with E-state index in [9.17, 15) is 18.0 Å². The summed E-state index contributed by atoms with van der Waals surface area (Å²) in [4.78, 5) is 15.3. The molecule has 3 heterocycles. The lowest BCUT2D eigenvalue weighted by molar-refractivity contribution is -0.294. The van der Waals surface area contributed by atoms with Gasteiger partial charge >= 0.3 is 12.0 Å². The normalized spacial score (nSPS) is 24.7. The van der Waals surface area contributed by atoms with Crippen LogP contribution in [0.1, 0.15) is 25.6 Å². The van der Waals surface area contributed by atoms with Crippen LogP contribution in [-0.4, -0.2) is 65.1 Å². The average Bonchev–Trinajstić information content (AvgIpc) is 3.08. The third kappa shape index (κ3) is 4.46. The van der Waals surface area contributed by atoms with Gasteiger partial charge < -0.3 is 14.4 Å². The lowest BCUT2D eigenvalue weighted by Gasteiger charge is -2.45. The van der Waals surface area contributed by atoms with Gasteiger partial charge in [-0.3, -0.25) is 14.4 Å².